The Kier molecular flexibility index (Phi) is 8.33. The smallest absolute Gasteiger partial charge is 0.417 e. The fourth-order valence-corrected chi connectivity index (χ4v) is 6.48. The Morgan fingerprint density at radius 1 is 1.10 bits per heavy atom. The van der Waals surface area contributed by atoms with Crippen LogP contribution in [0.25, 0.3) is 0 Å². The fraction of sp³-hybridized carbons (Fsp3) is 0.517. The lowest BCUT2D eigenvalue weighted by atomic mass is 9.66. The second-order valence-electron chi connectivity index (χ2n) is 11.2. The van der Waals surface area contributed by atoms with Crippen molar-refractivity contribution in [2.75, 3.05) is 0 Å². The number of carbonyl (C=O) groups is 2. The topological polar surface area (TPSA) is 77.8 Å². The van der Waals surface area contributed by atoms with Crippen molar-refractivity contribution in [3.05, 3.63) is 69.7 Å². The first-order valence-electron chi connectivity index (χ1n) is 13.0. The summed E-state index contributed by atoms with van der Waals surface area (Å²) in [5.74, 6) is -3.15. The number of nitrogens with zero attached hydrogens (tertiary/aromatic N) is 1. The number of hydrogen-bond acceptors (Lipinski definition) is 3. The van der Waals surface area contributed by atoms with Gasteiger partial charge in [-0.1, -0.05) is 61.3 Å². The fourth-order valence-electron chi connectivity index (χ4n) is 6.15. The van der Waals surface area contributed by atoms with Gasteiger partial charge in [0.1, 0.15) is 0 Å². The highest BCUT2D eigenvalue weighted by atomic mass is 35.5. The highest BCUT2D eigenvalue weighted by Gasteiger charge is 2.63. The molecule has 5 atom stereocenters. The number of piperidine rings is 1. The van der Waals surface area contributed by atoms with Gasteiger partial charge in [-0.05, 0) is 67.0 Å². The summed E-state index contributed by atoms with van der Waals surface area (Å²) in [6, 6.07) is 12.0. The molecule has 1 saturated carbocycles. The molecule has 2 aromatic carbocycles. The molecule has 0 aromatic heterocycles. The summed E-state index contributed by atoms with van der Waals surface area (Å²) in [6.45, 7) is 3.23. The minimum Gasteiger partial charge on any atom is -0.481 e. The van der Waals surface area contributed by atoms with Gasteiger partial charge in [0.05, 0.1) is 17.9 Å². The molecule has 10 heteroatoms. The molecule has 5 nitrogen and oxygen atoms in total. The predicted octanol–water partition coefficient (Wildman–Crippen LogP) is 7.40. The number of aliphatic hydroxyl groups is 1. The molecule has 1 amide bonds. The van der Waals surface area contributed by atoms with Crippen LogP contribution in [0, 0.1) is 11.3 Å². The Morgan fingerprint density at radius 3 is 2.26 bits per heavy atom. The molecule has 0 spiro atoms. The van der Waals surface area contributed by atoms with E-state index < -0.39 is 65.8 Å². The molecule has 0 bridgehead atoms. The third kappa shape index (κ3) is 5.93. The van der Waals surface area contributed by atoms with Crippen LogP contribution in [0.15, 0.2) is 48.5 Å². The zero-order valence-electron chi connectivity index (χ0n) is 21.7. The number of halogens is 5. The van der Waals surface area contributed by atoms with Crippen molar-refractivity contribution < 1.29 is 33.0 Å². The third-order valence-corrected chi connectivity index (χ3v) is 8.77. The molecule has 212 valence electrons. The molecule has 1 saturated heterocycles. The second-order valence-corrected chi connectivity index (χ2v) is 12.0. The van der Waals surface area contributed by atoms with Gasteiger partial charge in [0.25, 0.3) is 0 Å². The van der Waals surface area contributed by atoms with Gasteiger partial charge in [0, 0.05) is 28.4 Å². The maximum absolute atomic E-state index is 14.3. The van der Waals surface area contributed by atoms with Crippen LogP contribution in [0.1, 0.15) is 75.5 Å². The van der Waals surface area contributed by atoms with Gasteiger partial charge in [-0.25, -0.2) is 0 Å². The lowest BCUT2D eigenvalue weighted by Gasteiger charge is -2.53. The molecular weight excluding hydrogens is 554 g/mol. The molecular formula is C29H32Cl2F3NO4. The monoisotopic (exact) mass is 585 g/mol. The average Bonchev–Trinajstić information content (AvgIpc) is 3.70. The van der Waals surface area contributed by atoms with E-state index in [0.29, 0.717) is 15.6 Å². The van der Waals surface area contributed by atoms with E-state index in [1.54, 1.807) is 56.3 Å². The zero-order chi connectivity index (χ0) is 28.8. The number of alkyl halides is 3. The van der Waals surface area contributed by atoms with Crippen molar-refractivity contribution >= 4 is 35.1 Å². The van der Waals surface area contributed by atoms with E-state index in [4.69, 9.17) is 23.2 Å². The highest BCUT2D eigenvalue weighted by Crippen LogP contribution is 2.55. The van der Waals surface area contributed by atoms with Gasteiger partial charge >= 0.3 is 12.1 Å². The summed E-state index contributed by atoms with van der Waals surface area (Å²) < 4.78 is 42.8. The number of carboxylic acid groups (broad SMARTS) is 1. The summed E-state index contributed by atoms with van der Waals surface area (Å²) in [6.07, 6.45) is -5.29. The Hall–Kier alpha value is -2.29. The van der Waals surface area contributed by atoms with Crippen molar-refractivity contribution in [1.29, 1.82) is 0 Å². The van der Waals surface area contributed by atoms with Crippen LogP contribution in [0.2, 0.25) is 10.0 Å². The Balaban J connectivity index is 1.90. The van der Waals surface area contributed by atoms with Crippen LogP contribution in [-0.2, 0) is 9.59 Å². The van der Waals surface area contributed by atoms with Gasteiger partial charge in [0.15, 0.2) is 5.60 Å². The molecule has 4 rings (SSSR count). The first kappa shape index (κ1) is 29.7. The van der Waals surface area contributed by atoms with Crippen LogP contribution < -0.4 is 0 Å². The van der Waals surface area contributed by atoms with Crippen molar-refractivity contribution in [3.8, 4) is 0 Å². The number of aliphatic carboxylic acids is 1. The Labute approximate surface area is 235 Å². The number of benzene rings is 2. The standard InChI is InChI=1S/C29H32Cl2F3NO4/c1-3-22(14-28(39,19-9-10-19)29(32,33)34)35-25(17-7-11-20(30)12-8-17)23(18-5-4-6-21(31)13-18)15-27(2,26(35)38)16-24(36)37/h4-8,11-13,19,22-23,25,39H,3,9-10,14-16H2,1-2H3,(H,36,37)/t22?,23-,25-,27-,28?/m1/s1. The van der Waals surface area contributed by atoms with Crippen LogP contribution in [-0.4, -0.2) is 44.8 Å². The third-order valence-electron chi connectivity index (χ3n) is 8.29. The van der Waals surface area contributed by atoms with Gasteiger partial charge in [-0.3, -0.25) is 9.59 Å². The van der Waals surface area contributed by atoms with Gasteiger partial charge in [-0.2, -0.15) is 13.2 Å². The van der Waals surface area contributed by atoms with Crippen LogP contribution in [0.3, 0.4) is 0 Å². The molecule has 2 N–H and O–H groups in total. The maximum atomic E-state index is 14.3. The summed E-state index contributed by atoms with van der Waals surface area (Å²) in [5, 5.41) is 21.6. The molecule has 39 heavy (non-hydrogen) atoms. The van der Waals surface area contributed by atoms with Crippen molar-refractivity contribution in [2.45, 2.75) is 82.2 Å². The summed E-state index contributed by atoms with van der Waals surface area (Å²) in [7, 11) is 0. The number of amides is 1. The van der Waals surface area contributed by atoms with Crippen molar-refractivity contribution in [1.82, 2.24) is 4.90 Å². The highest BCUT2D eigenvalue weighted by molar-refractivity contribution is 6.30. The minimum absolute atomic E-state index is 0.131. The van der Waals surface area contributed by atoms with E-state index in [2.05, 4.69) is 0 Å². The van der Waals surface area contributed by atoms with Crippen LogP contribution in [0.5, 0.6) is 0 Å². The maximum Gasteiger partial charge on any atom is 0.417 e. The number of carbonyl (C=O) groups excluding carboxylic acids is 1. The summed E-state index contributed by atoms with van der Waals surface area (Å²) in [5.41, 5.74) is -2.97. The summed E-state index contributed by atoms with van der Waals surface area (Å²) in [4.78, 5) is 27.6. The second kappa shape index (κ2) is 10.9. The summed E-state index contributed by atoms with van der Waals surface area (Å²) >= 11 is 12.5. The number of rotatable bonds is 9. The van der Waals surface area contributed by atoms with Crippen LogP contribution >= 0.6 is 23.2 Å². The lowest BCUT2D eigenvalue weighted by Crippen LogP contribution is -2.59. The number of carboxylic acids is 1. The van der Waals surface area contributed by atoms with E-state index in [-0.39, 0.29) is 25.7 Å². The number of likely N-dealkylation sites (tertiary alicyclic amines) is 1. The first-order valence-corrected chi connectivity index (χ1v) is 13.8. The van der Waals surface area contributed by atoms with E-state index >= 15 is 0 Å². The van der Waals surface area contributed by atoms with E-state index in [1.807, 2.05) is 6.07 Å². The molecule has 2 fully saturated rings. The molecule has 2 unspecified atom stereocenters. The Morgan fingerprint density at radius 2 is 1.74 bits per heavy atom. The van der Waals surface area contributed by atoms with Gasteiger partial charge < -0.3 is 15.1 Å². The number of hydrogen-bond donors (Lipinski definition) is 2. The molecule has 2 aromatic rings. The SMILES string of the molecule is CCC(CC(O)(C1CC1)C(F)(F)F)N1C(=O)[C@@](C)(CC(=O)O)C[C@H](c2cccc(Cl)c2)[C@H]1c1ccc(Cl)cc1. The zero-order valence-corrected chi connectivity index (χ0v) is 23.2. The quantitative estimate of drug-likeness (QED) is 0.321. The predicted molar refractivity (Wildman–Crippen MR) is 143 cm³/mol. The minimum atomic E-state index is -4.88. The van der Waals surface area contributed by atoms with Gasteiger partial charge in [-0.15, -0.1) is 0 Å². The Bertz CT molecular complexity index is 1220. The van der Waals surface area contributed by atoms with Crippen molar-refractivity contribution in [3.63, 3.8) is 0 Å². The molecule has 2 aliphatic rings. The molecule has 1 heterocycles. The largest absolute Gasteiger partial charge is 0.481 e. The van der Waals surface area contributed by atoms with Crippen molar-refractivity contribution in [2.24, 2.45) is 11.3 Å². The average molecular weight is 586 g/mol. The first-order chi connectivity index (χ1) is 18.2. The van der Waals surface area contributed by atoms with E-state index in [9.17, 15) is 33.0 Å². The molecule has 1 aliphatic heterocycles. The van der Waals surface area contributed by atoms with Gasteiger partial charge in [0.2, 0.25) is 5.91 Å². The lowest BCUT2D eigenvalue weighted by molar-refractivity contribution is -0.275. The molecule has 1 aliphatic carbocycles. The molecule has 0 radical (unpaired) electrons. The normalized spacial score (nSPS) is 26.3. The van der Waals surface area contributed by atoms with Crippen LogP contribution in [0.4, 0.5) is 13.2 Å². The van der Waals surface area contributed by atoms with E-state index in [0.717, 1.165) is 5.56 Å². The van der Waals surface area contributed by atoms with E-state index in [1.165, 1.54) is 4.90 Å².